The van der Waals surface area contributed by atoms with Gasteiger partial charge in [0.2, 0.25) is 0 Å². The number of aromatic amines is 1. The van der Waals surface area contributed by atoms with Crippen molar-refractivity contribution in [3.05, 3.63) is 58.5 Å². The van der Waals surface area contributed by atoms with E-state index in [4.69, 9.17) is 0 Å². The van der Waals surface area contributed by atoms with E-state index in [2.05, 4.69) is 19.7 Å². The quantitative estimate of drug-likeness (QED) is 0.724. The van der Waals surface area contributed by atoms with Gasteiger partial charge in [-0.05, 0) is 12.1 Å². The number of aromatic nitrogens is 3. The average Bonchev–Trinajstić information content (AvgIpc) is 2.53. The number of hydrogen-bond donors (Lipinski definition) is 1. The summed E-state index contributed by atoms with van der Waals surface area (Å²) in [7, 11) is 1.27. The number of ether oxygens (including phenoxy) is 1. The smallest absolute Gasteiger partial charge is 0.356 e. The second-order valence-corrected chi connectivity index (χ2v) is 4.34. The third-order valence-corrected chi connectivity index (χ3v) is 2.99. The third-order valence-electron chi connectivity index (χ3n) is 2.99. The lowest BCUT2D eigenvalue weighted by molar-refractivity contribution is 0.0594. The summed E-state index contributed by atoms with van der Waals surface area (Å²) in [6.07, 6.45) is 0. The number of nitrogens with zero attached hydrogens (tertiary/aromatic N) is 2. The van der Waals surface area contributed by atoms with Crippen LogP contribution in [-0.4, -0.2) is 28.0 Å². The predicted molar refractivity (Wildman–Crippen MR) is 76.9 cm³/mol. The van der Waals surface area contributed by atoms with Gasteiger partial charge in [0, 0.05) is 5.56 Å². The van der Waals surface area contributed by atoms with Gasteiger partial charge in [-0.2, -0.15) is 0 Å². The molecule has 3 aromatic rings. The maximum Gasteiger partial charge on any atom is 0.356 e. The van der Waals surface area contributed by atoms with Crippen LogP contribution in [-0.2, 0) is 4.74 Å². The Balaban J connectivity index is 2.18. The van der Waals surface area contributed by atoms with Gasteiger partial charge in [-0.25, -0.2) is 14.8 Å². The van der Waals surface area contributed by atoms with Crippen LogP contribution < -0.4 is 5.56 Å². The monoisotopic (exact) mass is 281 g/mol. The fourth-order valence-corrected chi connectivity index (χ4v) is 1.98. The highest BCUT2D eigenvalue weighted by molar-refractivity contribution is 5.89. The molecule has 0 saturated carbocycles. The number of carbonyl (C=O) groups is 1. The summed E-state index contributed by atoms with van der Waals surface area (Å²) in [5.41, 5.74) is 1.55. The molecule has 104 valence electrons. The van der Waals surface area contributed by atoms with Gasteiger partial charge in [0.05, 0.1) is 7.11 Å². The number of nitrogens with one attached hydrogen (secondary N) is 1. The number of methoxy groups -OCH3 is 1. The molecule has 0 aliphatic heterocycles. The minimum absolute atomic E-state index is 0.120. The Kier molecular flexibility index (Phi) is 3.19. The van der Waals surface area contributed by atoms with Crippen LogP contribution >= 0.6 is 0 Å². The largest absolute Gasteiger partial charge is 0.464 e. The molecule has 2 aromatic heterocycles. The first-order chi connectivity index (χ1) is 10.2. The van der Waals surface area contributed by atoms with Gasteiger partial charge in [-0.3, -0.25) is 4.79 Å². The molecule has 0 amide bonds. The summed E-state index contributed by atoms with van der Waals surface area (Å²) in [5, 5.41) is 0. The van der Waals surface area contributed by atoms with Gasteiger partial charge in [-0.1, -0.05) is 30.3 Å². The number of pyridine rings is 1. The van der Waals surface area contributed by atoms with Gasteiger partial charge >= 0.3 is 5.97 Å². The number of H-pyrrole nitrogens is 1. The Bertz CT molecular complexity index is 872. The fraction of sp³-hybridized carbons (Fsp3) is 0.0667. The molecule has 6 nitrogen and oxygen atoms in total. The highest BCUT2D eigenvalue weighted by Crippen LogP contribution is 2.15. The number of carbonyl (C=O) groups excluding carboxylic acids is 1. The minimum atomic E-state index is -0.565. The molecule has 0 bridgehead atoms. The summed E-state index contributed by atoms with van der Waals surface area (Å²) in [4.78, 5) is 34.5. The van der Waals surface area contributed by atoms with E-state index in [1.807, 2.05) is 18.2 Å². The number of rotatable bonds is 2. The first-order valence-corrected chi connectivity index (χ1v) is 6.24. The summed E-state index contributed by atoms with van der Waals surface area (Å²) in [6.45, 7) is 0. The Morgan fingerprint density at radius 3 is 2.57 bits per heavy atom. The van der Waals surface area contributed by atoms with Gasteiger partial charge < -0.3 is 9.72 Å². The van der Waals surface area contributed by atoms with Crippen LogP contribution in [0.3, 0.4) is 0 Å². The molecule has 0 fully saturated rings. The zero-order valence-electron chi connectivity index (χ0n) is 11.2. The van der Waals surface area contributed by atoms with Gasteiger partial charge in [-0.15, -0.1) is 0 Å². The lowest BCUT2D eigenvalue weighted by Gasteiger charge is -2.03. The molecular formula is C15H11N3O3. The van der Waals surface area contributed by atoms with Crippen molar-refractivity contribution in [3.63, 3.8) is 0 Å². The first-order valence-electron chi connectivity index (χ1n) is 6.24. The molecule has 1 N–H and O–H groups in total. The molecule has 2 heterocycles. The maximum absolute atomic E-state index is 12.1. The Labute approximate surface area is 119 Å². The van der Waals surface area contributed by atoms with Crippen LogP contribution in [0.2, 0.25) is 0 Å². The molecule has 6 heteroatoms. The maximum atomic E-state index is 12.1. The lowest BCUT2D eigenvalue weighted by Crippen LogP contribution is -2.13. The molecule has 0 aliphatic carbocycles. The average molecular weight is 281 g/mol. The van der Waals surface area contributed by atoms with Crippen molar-refractivity contribution in [2.45, 2.75) is 0 Å². The summed E-state index contributed by atoms with van der Waals surface area (Å²) < 4.78 is 4.59. The first kappa shape index (κ1) is 13.0. The van der Waals surface area contributed by atoms with E-state index in [0.29, 0.717) is 11.2 Å². The minimum Gasteiger partial charge on any atom is -0.464 e. The zero-order valence-corrected chi connectivity index (χ0v) is 11.2. The molecule has 21 heavy (non-hydrogen) atoms. The van der Waals surface area contributed by atoms with Crippen LogP contribution in [0.15, 0.2) is 47.3 Å². The number of fused-ring (bicyclic) bond motifs is 1. The summed E-state index contributed by atoms with van der Waals surface area (Å²) in [5.74, 6) is -0.565. The molecule has 3 rings (SSSR count). The van der Waals surface area contributed by atoms with E-state index in [1.54, 1.807) is 18.2 Å². The van der Waals surface area contributed by atoms with Crippen molar-refractivity contribution >= 4 is 17.1 Å². The summed E-state index contributed by atoms with van der Waals surface area (Å²) in [6, 6.07) is 12.3. The SMILES string of the molecule is COC(=O)c1ccc2nc(-c3ccccc3)c(=O)[nH]c2n1. The Hall–Kier alpha value is -3.02. The fourth-order valence-electron chi connectivity index (χ4n) is 1.98. The predicted octanol–water partition coefficient (Wildman–Crippen LogP) is 1.77. The lowest BCUT2D eigenvalue weighted by atomic mass is 10.1. The molecule has 0 saturated heterocycles. The topological polar surface area (TPSA) is 84.9 Å². The number of benzene rings is 1. The van der Waals surface area contributed by atoms with E-state index in [0.717, 1.165) is 5.56 Å². The Morgan fingerprint density at radius 1 is 1.10 bits per heavy atom. The van der Waals surface area contributed by atoms with Crippen LogP contribution in [0.25, 0.3) is 22.4 Å². The van der Waals surface area contributed by atoms with Crippen LogP contribution in [0.1, 0.15) is 10.5 Å². The standard InChI is InChI=1S/C15H11N3O3/c1-21-15(20)11-8-7-10-13(17-11)18-14(19)12(16-10)9-5-3-2-4-6-9/h2-8H,1H3,(H,17,18,19). The van der Waals surface area contributed by atoms with Crippen molar-refractivity contribution in [2.75, 3.05) is 7.11 Å². The molecule has 1 aromatic carbocycles. The Morgan fingerprint density at radius 2 is 1.86 bits per heavy atom. The van der Waals surface area contributed by atoms with E-state index in [1.165, 1.54) is 13.2 Å². The molecule has 0 spiro atoms. The van der Waals surface area contributed by atoms with Crippen molar-refractivity contribution in [2.24, 2.45) is 0 Å². The number of hydrogen-bond acceptors (Lipinski definition) is 5. The number of esters is 1. The van der Waals surface area contributed by atoms with Crippen LogP contribution in [0.4, 0.5) is 0 Å². The van der Waals surface area contributed by atoms with Crippen molar-refractivity contribution < 1.29 is 9.53 Å². The van der Waals surface area contributed by atoms with Crippen molar-refractivity contribution in [3.8, 4) is 11.3 Å². The molecule has 0 aliphatic rings. The van der Waals surface area contributed by atoms with E-state index in [-0.39, 0.29) is 16.9 Å². The van der Waals surface area contributed by atoms with E-state index < -0.39 is 5.97 Å². The van der Waals surface area contributed by atoms with E-state index >= 15 is 0 Å². The summed E-state index contributed by atoms with van der Waals surface area (Å²) >= 11 is 0. The molecule has 0 radical (unpaired) electrons. The highest BCUT2D eigenvalue weighted by Gasteiger charge is 2.11. The zero-order chi connectivity index (χ0) is 14.8. The molecule has 0 unspecified atom stereocenters. The van der Waals surface area contributed by atoms with Crippen LogP contribution in [0, 0.1) is 0 Å². The third kappa shape index (κ3) is 2.38. The molecular weight excluding hydrogens is 270 g/mol. The van der Waals surface area contributed by atoms with Crippen LogP contribution in [0.5, 0.6) is 0 Å². The second kappa shape index (κ2) is 5.16. The van der Waals surface area contributed by atoms with Gasteiger partial charge in [0.1, 0.15) is 11.2 Å². The van der Waals surface area contributed by atoms with E-state index in [9.17, 15) is 9.59 Å². The van der Waals surface area contributed by atoms with Crippen molar-refractivity contribution in [1.29, 1.82) is 0 Å². The van der Waals surface area contributed by atoms with Gasteiger partial charge in [0.25, 0.3) is 5.56 Å². The van der Waals surface area contributed by atoms with Crippen molar-refractivity contribution in [1.82, 2.24) is 15.0 Å². The highest BCUT2D eigenvalue weighted by atomic mass is 16.5. The second-order valence-electron chi connectivity index (χ2n) is 4.34. The molecule has 0 atom stereocenters. The van der Waals surface area contributed by atoms with Gasteiger partial charge in [0.15, 0.2) is 11.3 Å². The normalized spacial score (nSPS) is 10.5.